The van der Waals surface area contributed by atoms with E-state index in [1.165, 1.54) is 0 Å². The van der Waals surface area contributed by atoms with Crippen LogP contribution in [-0.2, 0) is 15.6 Å². The van der Waals surface area contributed by atoms with Gasteiger partial charge in [0.25, 0.3) is 0 Å². The van der Waals surface area contributed by atoms with Crippen LogP contribution in [-0.4, -0.2) is 22.7 Å². The first-order chi connectivity index (χ1) is 16.3. The molecule has 1 aromatic heterocycles. The SMILES string of the molecule is CC12CCC(C(=O)Nc3cccc4ccccc34)(c3nc4cc5c(cc4nc31)OCO5)C2(C)C. The molecular formula is C28H25N3O3. The normalized spacial score (nSPS) is 25.6. The molecule has 3 aromatic carbocycles. The van der Waals surface area contributed by atoms with E-state index in [9.17, 15) is 4.79 Å². The van der Waals surface area contributed by atoms with Gasteiger partial charge in [0.2, 0.25) is 12.7 Å². The Morgan fingerprint density at radius 1 is 0.882 bits per heavy atom. The highest BCUT2D eigenvalue weighted by atomic mass is 16.7. The predicted octanol–water partition coefficient (Wildman–Crippen LogP) is 5.48. The van der Waals surface area contributed by atoms with Gasteiger partial charge in [-0.25, -0.2) is 9.97 Å². The van der Waals surface area contributed by atoms with E-state index in [1.54, 1.807) is 0 Å². The summed E-state index contributed by atoms with van der Waals surface area (Å²) in [6.45, 7) is 6.83. The van der Waals surface area contributed by atoms with Gasteiger partial charge in [0.1, 0.15) is 0 Å². The molecule has 34 heavy (non-hydrogen) atoms. The number of hydrogen-bond donors (Lipinski definition) is 1. The monoisotopic (exact) mass is 451 g/mol. The van der Waals surface area contributed by atoms with Gasteiger partial charge in [-0.1, -0.05) is 57.2 Å². The molecule has 3 aliphatic rings. The van der Waals surface area contributed by atoms with Crippen molar-refractivity contribution in [2.24, 2.45) is 5.41 Å². The largest absolute Gasteiger partial charge is 0.454 e. The number of rotatable bonds is 2. The number of nitrogens with zero attached hydrogens (tertiary/aromatic N) is 2. The fourth-order valence-corrected chi connectivity index (χ4v) is 6.56. The molecule has 1 aliphatic heterocycles. The molecule has 0 saturated heterocycles. The van der Waals surface area contributed by atoms with Gasteiger partial charge < -0.3 is 14.8 Å². The summed E-state index contributed by atoms with van der Waals surface area (Å²) < 4.78 is 11.1. The zero-order chi connectivity index (χ0) is 23.3. The van der Waals surface area contributed by atoms with E-state index in [-0.39, 0.29) is 23.5 Å². The van der Waals surface area contributed by atoms with Gasteiger partial charge in [0, 0.05) is 28.6 Å². The minimum atomic E-state index is -0.772. The lowest BCUT2D eigenvalue weighted by Crippen LogP contribution is -2.48. The molecule has 1 N–H and O–H groups in total. The summed E-state index contributed by atoms with van der Waals surface area (Å²) in [7, 11) is 0. The van der Waals surface area contributed by atoms with E-state index in [0.717, 1.165) is 51.7 Å². The molecule has 4 aromatic rings. The van der Waals surface area contributed by atoms with Crippen LogP contribution in [0.5, 0.6) is 11.5 Å². The molecule has 6 heteroatoms. The summed E-state index contributed by atoms with van der Waals surface area (Å²) in [5.74, 6) is 1.35. The molecular weight excluding hydrogens is 426 g/mol. The van der Waals surface area contributed by atoms with Crippen molar-refractivity contribution in [3.63, 3.8) is 0 Å². The van der Waals surface area contributed by atoms with Crippen molar-refractivity contribution >= 4 is 33.4 Å². The van der Waals surface area contributed by atoms with Gasteiger partial charge >= 0.3 is 0 Å². The number of benzene rings is 3. The number of carbonyl (C=O) groups is 1. The summed E-state index contributed by atoms with van der Waals surface area (Å²) in [6, 6.07) is 17.9. The molecule has 7 rings (SSSR count). The minimum absolute atomic E-state index is 0.00859. The van der Waals surface area contributed by atoms with Gasteiger partial charge in [0.05, 0.1) is 27.8 Å². The Bertz CT molecular complexity index is 1540. The molecule has 170 valence electrons. The fraction of sp³-hybridized carbons (Fsp3) is 0.321. The third-order valence-electron chi connectivity index (χ3n) is 8.96. The smallest absolute Gasteiger partial charge is 0.237 e. The lowest BCUT2D eigenvalue weighted by atomic mass is 9.63. The Labute approximate surface area is 197 Å². The lowest BCUT2D eigenvalue weighted by Gasteiger charge is -2.39. The highest BCUT2D eigenvalue weighted by Gasteiger charge is 2.73. The molecule has 6 nitrogen and oxygen atoms in total. The second-order valence-corrected chi connectivity index (χ2v) is 10.5. The molecule has 2 unspecified atom stereocenters. The van der Waals surface area contributed by atoms with E-state index >= 15 is 0 Å². The first kappa shape index (κ1) is 19.8. The standard InChI is InChI=1S/C28H25N3O3/c1-26(2)27(3)11-12-28(26,25(32)31-18-10-6-8-16-7-4-5-9-17(16)18)24-23(27)29-19-13-21-22(34-15-33-21)14-20(19)30-24/h4-10,13-14H,11-12,15H2,1-3H3,(H,31,32). The summed E-state index contributed by atoms with van der Waals surface area (Å²) >= 11 is 0. The Morgan fingerprint density at radius 3 is 2.32 bits per heavy atom. The predicted molar refractivity (Wildman–Crippen MR) is 130 cm³/mol. The zero-order valence-electron chi connectivity index (χ0n) is 19.4. The number of nitrogens with one attached hydrogen (secondary N) is 1. The van der Waals surface area contributed by atoms with Crippen LogP contribution in [0.2, 0.25) is 0 Å². The molecule has 2 atom stereocenters. The number of aromatic nitrogens is 2. The van der Waals surface area contributed by atoms with E-state index < -0.39 is 5.41 Å². The van der Waals surface area contributed by atoms with Crippen molar-refractivity contribution in [1.82, 2.24) is 9.97 Å². The van der Waals surface area contributed by atoms with Crippen LogP contribution >= 0.6 is 0 Å². The number of fused-ring (bicyclic) bond motifs is 8. The van der Waals surface area contributed by atoms with Crippen LogP contribution in [0.3, 0.4) is 0 Å². The number of carbonyl (C=O) groups excluding carboxylic acids is 1. The summed E-state index contributed by atoms with van der Waals surface area (Å²) in [6.07, 6.45) is 1.63. The fourth-order valence-electron chi connectivity index (χ4n) is 6.56. The topological polar surface area (TPSA) is 73.3 Å². The molecule has 0 radical (unpaired) electrons. The Hall–Kier alpha value is -3.67. The first-order valence-electron chi connectivity index (χ1n) is 11.8. The highest BCUT2D eigenvalue weighted by molar-refractivity contribution is 6.07. The maximum Gasteiger partial charge on any atom is 0.237 e. The number of amides is 1. The van der Waals surface area contributed by atoms with Crippen LogP contribution in [0.4, 0.5) is 5.69 Å². The zero-order valence-corrected chi connectivity index (χ0v) is 19.4. The van der Waals surface area contributed by atoms with Crippen LogP contribution in [0, 0.1) is 5.41 Å². The van der Waals surface area contributed by atoms with Gasteiger partial charge in [-0.2, -0.15) is 0 Å². The van der Waals surface area contributed by atoms with Crippen molar-refractivity contribution in [2.45, 2.75) is 44.4 Å². The first-order valence-corrected chi connectivity index (χ1v) is 11.8. The number of ether oxygens (including phenoxy) is 2. The maximum atomic E-state index is 14.3. The van der Waals surface area contributed by atoms with E-state index in [4.69, 9.17) is 19.4 Å². The Balaban J connectivity index is 1.41. The second-order valence-electron chi connectivity index (χ2n) is 10.5. The van der Waals surface area contributed by atoms with Crippen molar-refractivity contribution in [3.8, 4) is 11.5 Å². The molecule has 2 aliphatic carbocycles. The molecule has 1 saturated carbocycles. The average molecular weight is 452 g/mol. The molecule has 2 heterocycles. The second kappa shape index (κ2) is 6.26. The Kier molecular flexibility index (Phi) is 3.64. The number of anilines is 1. The maximum absolute atomic E-state index is 14.3. The van der Waals surface area contributed by atoms with E-state index in [1.807, 2.05) is 42.5 Å². The van der Waals surface area contributed by atoms with Crippen molar-refractivity contribution < 1.29 is 14.3 Å². The third kappa shape index (κ3) is 2.19. The van der Waals surface area contributed by atoms with Crippen LogP contribution < -0.4 is 14.8 Å². The quantitative estimate of drug-likeness (QED) is 0.437. The van der Waals surface area contributed by atoms with Crippen molar-refractivity contribution in [1.29, 1.82) is 0 Å². The Morgan fingerprint density at radius 2 is 1.56 bits per heavy atom. The van der Waals surface area contributed by atoms with Crippen LogP contribution in [0.15, 0.2) is 54.6 Å². The van der Waals surface area contributed by atoms with Crippen LogP contribution in [0.25, 0.3) is 21.8 Å². The molecule has 0 spiro atoms. The van der Waals surface area contributed by atoms with E-state index in [2.05, 4.69) is 38.2 Å². The molecule has 1 fully saturated rings. The molecule has 2 bridgehead atoms. The minimum Gasteiger partial charge on any atom is -0.454 e. The molecule has 1 amide bonds. The summed E-state index contributed by atoms with van der Waals surface area (Å²) in [4.78, 5) is 24.4. The van der Waals surface area contributed by atoms with Gasteiger partial charge in [-0.05, 0) is 29.7 Å². The van der Waals surface area contributed by atoms with E-state index in [0.29, 0.717) is 11.5 Å². The average Bonchev–Trinajstić information content (AvgIpc) is 3.41. The van der Waals surface area contributed by atoms with Crippen molar-refractivity contribution in [2.75, 3.05) is 12.1 Å². The number of hydrogen-bond acceptors (Lipinski definition) is 5. The summed E-state index contributed by atoms with van der Waals surface area (Å²) in [5, 5.41) is 5.43. The lowest BCUT2D eigenvalue weighted by molar-refractivity contribution is -0.125. The van der Waals surface area contributed by atoms with Crippen LogP contribution in [0.1, 0.15) is 45.0 Å². The third-order valence-corrected chi connectivity index (χ3v) is 8.96. The highest BCUT2D eigenvalue weighted by Crippen LogP contribution is 2.70. The van der Waals surface area contributed by atoms with Gasteiger partial charge in [0.15, 0.2) is 11.5 Å². The van der Waals surface area contributed by atoms with Gasteiger partial charge in [-0.3, -0.25) is 4.79 Å². The summed E-state index contributed by atoms with van der Waals surface area (Å²) in [5.41, 5.74) is 2.68. The van der Waals surface area contributed by atoms with Gasteiger partial charge in [-0.15, -0.1) is 0 Å². The van der Waals surface area contributed by atoms with Crippen molar-refractivity contribution in [3.05, 3.63) is 66.0 Å².